The zero-order valence-corrected chi connectivity index (χ0v) is 19.4. The third-order valence-electron chi connectivity index (χ3n) is 5.87. The molecule has 10 nitrogen and oxygen atoms in total. The van der Waals surface area contributed by atoms with E-state index < -0.39 is 0 Å². The van der Waals surface area contributed by atoms with Crippen molar-refractivity contribution in [3.63, 3.8) is 0 Å². The molecule has 1 fully saturated rings. The third kappa shape index (κ3) is 5.69. The average molecular weight is 468 g/mol. The van der Waals surface area contributed by atoms with Gasteiger partial charge in [0.05, 0.1) is 31.0 Å². The van der Waals surface area contributed by atoms with Gasteiger partial charge < -0.3 is 23.8 Å². The van der Waals surface area contributed by atoms with Crippen molar-refractivity contribution in [2.24, 2.45) is 5.92 Å². The molecule has 34 heavy (non-hydrogen) atoms. The minimum atomic E-state index is -0.364. The SMILES string of the molecule is COc1ncccc1-c1cnc([C@H](CCCCCC(=O)c2ncco2)NC(=O)C2CN(C)C2)o1. The summed E-state index contributed by atoms with van der Waals surface area (Å²) in [5.41, 5.74) is 0.694. The van der Waals surface area contributed by atoms with Gasteiger partial charge in [0.2, 0.25) is 23.5 Å². The van der Waals surface area contributed by atoms with Gasteiger partial charge in [0.25, 0.3) is 5.89 Å². The molecule has 0 aliphatic carbocycles. The third-order valence-corrected chi connectivity index (χ3v) is 5.87. The molecule has 10 heteroatoms. The number of hydrogen-bond acceptors (Lipinski definition) is 9. The van der Waals surface area contributed by atoms with Crippen molar-refractivity contribution in [1.82, 2.24) is 25.2 Å². The van der Waals surface area contributed by atoms with E-state index in [1.165, 1.54) is 12.5 Å². The highest BCUT2D eigenvalue weighted by Gasteiger charge is 2.32. The molecule has 1 aliphatic rings. The molecule has 0 unspecified atom stereocenters. The smallest absolute Gasteiger partial charge is 0.263 e. The molecule has 0 bridgehead atoms. The lowest BCUT2D eigenvalue weighted by Gasteiger charge is -2.35. The molecule has 3 aromatic rings. The Labute approximate surface area is 197 Å². The lowest BCUT2D eigenvalue weighted by molar-refractivity contribution is -0.130. The van der Waals surface area contributed by atoms with Crippen LogP contribution in [0.1, 0.15) is 54.7 Å². The van der Waals surface area contributed by atoms with Crippen molar-refractivity contribution in [1.29, 1.82) is 0 Å². The number of pyridine rings is 1. The first-order valence-electron chi connectivity index (χ1n) is 11.4. The maximum absolute atomic E-state index is 12.7. The number of hydrogen-bond donors (Lipinski definition) is 1. The summed E-state index contributed by atoms with van der Waals surface area (Å²) in [4.78, 5) is 39.4. The first-order valence-corrected chi connectivity index (χ1v) is 11.4. The number of carbonyl (C=O) groups is 2. The van der Waals surface area contributed by atoms with Crippen molar-refractivity contribution in [2.75, 3.05) is 27.2 Å². The monoisotopic (exact) mass is 467 g/mol. The number of carbonyl (C=O) groups excluding carboxylic acids is 2. The Morgan fingerprint density at radius 3 is 2.79 bits per heavy atom. The molecule has 4 heterocycles. The highest BCUT2D eigenvalue weighted by molar-refractivity contribution is 5.91. The highest BCUT2D eigenvalue weighted by Crippen LogP contribution is 2.31. The Morgan fingerprint density at radius 2 is 2.06 bits per heavy atom. The fraction of sp³-hybridized carbons (Fsp3) is 0.458. The first kappa shape index (κ1) is 23.6. The number of unbranched alkanes of at least 4 members (excludes halogenated alkanes) is 2. The number of Topliss-reactive ketones (excluding diaryl/α,β-unsaturated/α-hetero) is 1. The van der Waals surface area contributed by atoms with Crippen molar-refractivity contribution in [3.8, 4) is 17.2 Å². The van der Waals surface area contributed by atoms with Crippen molar-refractivity contribution in [3.05, 3.63) is 48.8 Å². The molecule has 1 amide bonds. The van der Waals surface area contributed by atoms with Crippen LogP contribution in [0.4, 0.5) is 0 Å². The Hall–Kier alpha value is -3.53. The Kier molecular flexibility index (Phi) is 7.69. The zero-order valence-electron chi connectivity index (χ0n) is 19.4. The number of ether oxygens (including phenoxy) is 1. The van der Waals surface area contributed by atoms with Gasteiger partial charge in [-0.3, -0.25) is 9.59 Å². The van der Waals surface area contributed by atoms with Gasteiger partial charge in [-0.2, -0.15) is 0 Å². The minimum Gasteiger partial charge on any atom is -0.480 e. The molecule has 1 aliphatic heterocycles. The lowest BCUT2D eigenvalue weighted by atomic mass is 9.99. The summed E-state index contributed by atoms with van der Waals surface area (Å²) in [5.74, 6) is 1.43. The van der Waals surface area contributed by atoms with Gasteiger partial charge >= 0.3 is 0 Å². The van der Waals surface area contributed by atoms with Crippen LogP contribution in [-0.2, 0) is 4.79 Å². The van der Waals surface area contributed by atoms with Crippen molar-refractivity contribution in [2.45, 2.75) is 38.1 Å². The number of likely N-dealkylation sites (tertiary alicyclic amines) is 1. The van der Waals surface area contributed by atoms with Crippen LogP contribution in [0, 0.1) is 5.92 Å². The molecule has 0 radical (unpaired) electrons. The van der Waals surface area contributed by atoms with Gasteiger partial charge in [0.15, 0.2) is 5.76 Å². The topological polar surface area (TPSA) is 124 Å². The van der Waals surface area contributed by atoms with Crippen LogP contribution in [0.2, 0.25) is 0 Å². The van der Waals surface area contributed by atoms with E-state index in [0.717, 1.165) is 25.9 Å². The Bertz CT molecular complexity index is 1090. The zero-order chi connectivity index (χ0) is 23.9. The number of methoxy groups -OCH3 is 1. The normalized spacial score (nSPS) is 15.0. The van der Waals surface area contributed by atoms with E-state index in [4.69, 9.17) is 13.6 Å². The molecule has 0 spiro atoms. The Balaban J connectivity index is 1.38. The molecule has 0 aromatic carbocycles. The molecule has 1 N–H and O–H groups in total. The minimum absolute atomic E-state index is 0.000815. The van der Waals surface area contributed by atoms with Gasteiger partial charge in [0.1, 0.15) is 12.3 Å². The van der Waals surface area contributed by atoms with E-state index in [1.807, 2.05) is 13.1 Å². The first-order chi connectivity index (χ1) is 16.5. The number of oxazole rings is 2. The summed E-state index contributed by atoms with van der Waals surface area (Å²) in [6.45, 7) is 1.48. The predicted molar refractivity (Wildman–Crippen MR) is 122 cm³/mol. The van der Waals surface area contributed by atoms with Gasteiger partial charge in [-0.05, 0) is 32.0 Å². The van der Waals surface area contributed by atoms with E-state index in [0.29, 0.717) is 42.4 Å². The lowest BCUT2D eigenvalue weighted by Crippen LogP contribution is -2.52. The summed E-state index contributed by atoms with van der Waals surface area (Å²) in [7, 11) is 3.54. The fourth-order valence-electron chi connectivity index (χ4n) is 4.00. The number of nitrogens with zero attached hydrogens (tertiary/aromatic N) is 4. The van der Waals surface area contributed by atoms with E-state index >= 15 is 0 Å². The second kappa shape index (κ2) is 11.1. The molecule has 1 saturated heterocycles. The number of ketones is 1. The van der Waals surface area contributed by atoms with Gasteiger partial charge in [0, 0.05) is 25.7 Å². The quantitative estimate of drug-likeness (QED) is 0.316. The average Bonchev–Trinajstić information content (AvgIpc) is 3.53. The number of amides is 1. The Morgan fingerprint density at radius 1 is 1.21 bits per heavy atom. The number of aromatic nitrogens is 3. The maximum Gasteiger partial charge on any atom is 0.263 e. The summed E-state index contributed by atoms with van der Waals surface area (Å²) < 4.78 is 16.4. The summed E-state index contributed by atoms with van der Waals surface area (Å²) in [6, 6.07) is 3.28. The second-order valence-electron chi connectivity index (χ2n) is 8.46. The second-order valence-corrected chi connectivity index (χ2v) is 8.46. The summed E-state index contributed by atoms with van der Waals surface area (Å²) in [5, 5.41) is 3.11. The van der Waals surface area contributed by atoms with E-state index in [2.05, 4.69) is 25.2 Å². The van der Waals surface area contributed by atoms with Crippen LogP contribution in [0.25, 0.3) is 11.3 Å². The van der Waals surface area contributed by atoms with Crippen LogP contribution < -0.4 is 10.1 Å². The standard InChI is InChI=1S/C24H29N5O5/c1-29-14-16(15-29)21(31)28-18(8-4-3-5-9-19(30)24-26-11-12-33-24)23-27-13-20(34-23)17-7-6-10-25-22(17)32-2/h6-7,10-13,16,18H,3-5,8-9,14-15H2,1-2H3,(H,28,31)/t18-/m0/s1. The van der Waals surface area contributed by atoms with E-state index in [-0.39, 0.29) is 29.5 Å². The number of rotatable bonds is 12. The van der Waals surface area contributed by atoms with Crippen LogP contribution in [-0.4, -0.2) is 58.8 Å². The summed E-state index contributed by atoms with van der Waals surface area (Å²) in [6.07, 6.45) is 9.46. The molecule has 3 aromatic heterocycles. The predicted octanol–water partition coefficient (Wildman–Crippen LogP) is 3.29. The molecular formula is C24H29N5O5. The maximum atomic E-state index is 12.7. The van der Waals surface area contributed by atoms with Crippen molar-refractivity contribution >= 4 is 11.7 Å². The van der Waals surface area contributed by atoms with E-state index in [9.17, 15) is 9.59 Å². The van der Waals surface area contributed by atoms with Crippen molar-refractivity contribution < 1.29 is 23.2 Å². The van der Waals surface area contributed by atoms with Crippen LogP contribution >= 0.6 is 0 Å². The van der Waals surface area contributed by atoms with Gasteiger partial charge in [-0.15, -0.1) is 0 Å². The molecule has 4 rings (SSSR count). The van der Waals surface area contributed by atoms with E-state index in [1.54, 1.807) is 25.6 Å². The largest absolute Gasteiger partial charge is 0.480 e. The molecule has 1 atom stereocenters. The fourth-order valence-corrected chi connectivity index (χ4v) is 4.00. The van der Waals surface area contributed by atoms with Crippen LogP contribution in [0.5, 0.6) is 5.88 Å². The van der Waals surface area contributed by atoms with Crippen LogP contribution in [0.3, 0.4) is 0 Å². The van der Waals surface area contributed by atoms with Gasteiger partial charge in [-0.25, -0.2) is 15.0 Å². The van der Waals surface area contributed by atoms with Gasteiger partial charge in [-0.1, -0.05) is 12.8 Å². The highest BCUT2D eigenvalue weighted by atomic mass is 16.5. The molecular weight excluding hydrogens is 438 g/mol. The van der Waals surface area contributed by atoms with Crippen LogP contribution in [0.15, 0.2) is 45.8 Å². The molecule has 0 saturated carbocycles. The number of nitrogens with one attached hydrogen (secondary N) is 1. The molecule has 180 valence electrons. The summed E-state index contributed by atoms with van der Waals surface area (Å²) >= 11 is 0.